The van der Waals surface area contributed by atoms with E-state index in [1.807, 2.05) is 0 Å². The van der Waals surface area contributed by atoms with Crippen molar-refractivity contribution in [3.05, 3.63) is 72.8 Å². The summed E-state index contributed by atoms with van der Waals surface area (Å²) in [5.74, 6) is 0.271. The lowest BCUT2D eigenvalue weighted by atomic mass is 10.1. The Bertz CT molecular complexity index is 1060. The Morgan fingerprint density at radius 2 is 1.24 bits per heavy atom. The van der Waals surface area contributed by atoms with Crippen molar-refractivity contribution >= 4 is 15.7 Å². The normalized spacial score (nSPS) is 11.7. The molecule has 29 heavy (non-hydrogen) atoms. The molecule has 0 unspecified atom stereocenters. The fraction of sp³-hybridized carbons (Fsp3) is 0.100. The molecule has 0 saturated carbocycles. The van der Waals surface area contributed by atoms with Crippen LogP contribution in [0, 0.1) is 0 Å². The van der Waals surface area contributed by atoms with Gasteiger partial charge in [0, 0.05) is 5.69 Å². The molecule has 0 aliphatic carbocycles. The lowest BCUT2D eigenvalue weighted by Crippen LogP contribution is -2.16. The molecule has 3 rings (SSSR count). The summed E-state index contributed by atoms with van der Waals surface area (Å²) >= 11 is 0. The lowest BCUT2D eigenvalue weighted by molar-refractivity contribution is -0.274. The summed E-state index contributed by atoms with van der Waals surface area (Å²) < 4.78 is 73.0. The van der Waals surface area contributed by atoms with Crippen molar-refractivity contribution in [3.8, 4) is 22.6 Å². The first-order chi connectivity index (χ1) is 13.7. The smallest absolute Gasteiger partial charge is 0.497 e. The number of sulfonamides is 1. The van der Waals surface area contributed by atoms with Gasteiger partial charge in [0.1, 0.15) is 11.5 Å². The van der Waals surface area contributed by atoms with Crippen LogP contribution in [0.4, 0.5) is 18.9 Å². The molecular formula is C20H16F3NO4S. The molecule has 0 heterocycles. The van der Waals surface area contributed by atoms with Crippen molar-refractivity contribution in [2.24, 2.45) is 0 Å². The minimum absolute atomic E-state index is 0.0501. The number of hydrogen-bond acceptors (Lipinski definition) is 4. The minimum Gasteiger partial charge on any atom is -0.497 e. The molecule has 0 atom stereocenters. The van der Waals surface area contributed by atoms with Gasteiger partial charge in [0.2, 0.25) is 0 Å². The molecule has 0 aromatic heterocycles. The summed E-state index contributed by atoms with van der Waals surface area (Å²) in [6.45, 7) is 0. The van der Waals surface area contributed by atoms with Crippen LogP contribution in [0.5, 0.6) is 11.5 Å². The van der Waals surface area contributed by atoms with Gasteiger partial charge in [-0.2, -0.15) is 0 Å². The van der Waals surface area contributed by atoms with Gasteiger partial charge in [0.15, 0.2) is 0 Å². The molecule has 0 radical (unpaired) electrons. The zero-order chi connectivity index (χ0) is 21.1. The molecule has 3 aromatic carbocycles. The molecule has 0 amide bonds. The first kappa shape index (κ1) is 20.5. The van der Waals surface area contributed by atoms with Crippen LogP contribution in [0.15, 0.2) is 77.7 Å². The van der Waals surface area contributed by atoms with Crippen molar-refractivity contribution in [2.75, 3.05) is 11.8 Å². The number of nitrogens with one attached hydrogen (secondary N) is 1. The van der Waals surface area contributed by atoms with E-state index < -0.39 is 16.4 Å². The van der Waals surface area contributed by atoms with Gasteiger partial charge < -0.3 is 9.47 Å². The summed E-state index contributed by atoms with van der Waals surface area (Å²) in [4.78, 5) is 0.0501. The maximum Gasteiger partial charge on any atom is 0.573 e. The summed E-state index contributed by atoms with van der Waals surface area (Å²) in [5, 5.41) is 0. The van der Waals surface area contributed by atoms with E-state index in [2.05, 4.69) is 9.46 Å². The van der Waals surface area contributed by atoms with E-state index in [-0.39, 0.29) is 10.6 Å². The highest BCUT2D eigenvalue weighted by Gasteiger charge is 2.30. The largest absolute Gasteiger partial charge is 0.573 e. The monoisotopic (exact) mass is 423 g/mol. The number of rotatable bonds is 6. The van der Waals surface area contributed by atoms with Crippen LogP contribution >= 0.6 is 0 Å². The summed E-state index contributed by atoms with van der Waals surface area (Å²) in [6, 6.07) is 17.7. The Kier molecular flexibility index (Phi) is 5.69. The average Bonchev–Trinajstić information content (AvgIpc) is 2.68. The van der Waals surface area contributed by atoms with Gasteiger partial charge in [-0.05, 0) is 59.7 Å². The van der Waals surface area contributed by atoms with Crippen LogP contribution in [0.3, 0.4) is 0 Å². The van der Waals surface area contributed by atoms with Crippen LogP contribution < -0.4 is 14.2 Å². The Labute approximate surface area is 165 Å². The Morgan fingerprint density at radius 3 is 1.72 bits per heavy atom. The molecule has 0 aliphatic heterocycles. The maximum absolute atomic E-state index is 12.5. The third-order valence-corrected chi connectivity index (χ3v) is 5.33. The summed E-state index contributed by atoms with van der Waals surface area (Å²) in [6.07, 6.45) is -4.76. The second-order valence-corrected chi connectivity index (χ2v) is 7.61. The van der Waals surface area contributed by atoms with Crippen molar-refractivity contribution < 1.29 is 31.1 Å². The summed E-state index contributed by atoms with van der Waals surface area (Å²) in [7, 11) is -2.28. The van der Waals surface area contributed by atoms with Crippen LogP contribution in [0.25, 0.3) is 11.1 Å². The standard InChI is InChI=1S/C20H16F3NO4S/c1-27-17-10-6-16(7-11-17)24-29(25,26)19-12-4-15(5-13-19)14-2-8-18(9-3-14)28-20(21,22)23/h2-13,24H,1H3. The Morgan fingerprint density at radius 1 is 0.759 bits per heavy atom. The minimum atomic E-state index is -4.76. The van der Waals surface area contributed by atoms with Crippen molar-refractivity contribution in [2.45, 2.75) is 11.3 Å². The molecule has 3 aromatic rings. The van der Waals surface area contributed by atoms with Crippen LogP contribution in [0.2, 0.25) is 0 Å². The van der Waals surface area contributed by atoms with E-state index in [1.54, 1.807) is 36.4 Å². The molecule has 0 fully saturated rings. The third-order valence-electron chi connectivity index (χ3n) is 3.93. The molecule has 9 heteroatoms. The van der Waals surface area contributed by atoms with Gasteiger partial charge in [-0.25, -0.2) is 8.42 Å². The fourth-order valence-electron chi connectivity index (χ4n) is 2.55. The van der Waals surface area contributed by atoms with Crippen molar-refractivity contribution in [1.29, 1.82) is 0 Å². The van der Waals surface area contributed by atoms with E-state index in [9.17, 15) is 21.6 Å². The van der Waals surface area contributed by atoms with Crippen LogP contribution in [-0.2, 0) is 10.0 Å². The summed E-state index contributed by atoms with van der Waals surface area (Å²) in [5.41, 5.74) is 1.65. The molecule has 1 N–H and O–H groups in total. The van der Waals surface area contributed by atoms with Gasteiger partial charge >= 0.3 is 6.36 Å². The number of ether oxygens (including phenoxy) is 2. The van der Waals surface area contributed by atoms with E-state index in [4.69, 9.17) is 4.74 Å². The molecule has 152 valence electrons. The fourth-order valence-corrected chi connectivity index (χ4v) is 3.61. The zero-order valence-electron chi connectivity index (χ0n) is 15.1. The molecular weight excluding hydrogens is 407 g/mol. The van der Waals surface area contributed by atoms with E-state index in [0.29, 0.717) is 22.6 Å². The van der Waals surface area contributed by atoms with Crippen LogP contribution in [-0.4, -0.2) is 21.9 Å². The predicted molar refractivity (Wildman–Crippen MR) is 102 cm³/mol. The lowest BCUT2D eigenvalue weighted by Gasteiger charge is -2.11. The number of halogens is 3. The highest BCUT2D eigenvalue weighted by atomic mass is 32.2. The van der Waals surface area contributed by atoms with Crippen molar-refractivity contribution in [3.63, 3.8) is 0 Å². The van der Waals surface area contributed by atoms with E-state index in [1.165, 1.54) is 43.5 Å². The number of alkyl halides is 3. The topological polar surface area (TPSA) is 64.6 Å². The van der Waals surface area contributed by atoms with Gasteiger partial charge in [-0.3, -0.25) is 4.72 Å². The molecule has 0 aliphatic rings. The maximum atomic E-state index is 12.5. The Balaban J connectivity index is 1.74. The number of benzene rings is 3. The number of hydrogen-bond donors (Lipinski definition) is 1. The van der Waals surface area contributed by atoms with Gasteiger partial charge in [-0.1, -0.05) is 24.3 Å². The first-order valence-corrected chi connectivity index (χ1v) is 9.78. The van der Waals surface area contributed by atoms with E-state index >= 15 is 0 Å². The second kappa shape index (κ2) is 8.04. The molecule has 0 spiro atoms. The first-order valence-electron chi connectivity index (χ1n) is 8.29. The molecule has 0 saturated heterocycles. The second-order valence-electron chi connectivity index (χ2n) is 5.93. The predicted octanol–water partition coefficient (Wildman–Crippen LogP) is 5.06. The highest BCUT2D eigenvalue weighted by Crippen LogP contribution is 2.27. The highest BCUT2D eigenvalue weighted by molar-refractivity contribution is 7.92. The van der Waals surface area contributed by atoms with Gasteiger partial charge in [0.05, 0.1) is 12.0 Å². The number of anilines is 1. The zero-order valence-corrected chi connectivity index (χ0v) is 15.9. The van der Waals surface area contributed by atoms with Crippen LogP contribution in [0.1, 0.15) is 0 Å². The number of methoxy groups -OCH3 is 1. The quantitative estimate of drug-likeness (QED) is 0.602. The Hall–Kier alpha value is -3.20. The molecule has 5 nitrogen and oxygen atoms in total. The average molecular weight is 423 g/mol. The van der Waals surface area contributed by atoms with Crippen molar-refractivity contribution in [1.82, 2.24) is 0 Å². The van der Waals surface area contributed by atoms with Gasteiger partial charge in [0.25, 0.3) is 10.0 Å². The van der Waals surface area contributed by atoms with Gasteiger partial charge in [-0.15, -0.1) is 13.2 Å². The van der Waals surface area contributed by atoms with E-state index in [0.717, 1.165) is 0 Å². The molecule has 0 bridgehead atoms. The third kappa shape index (κ3) is 5.41. The SMILES string of the molecule is COc1ccc(NS(=O)(=O)c2ccc(-c3ccc(OC(F)(F)F)cc3)cc2)cc1.